The SMILES string of the molecule is OC[C@@H]1CN(c2nc(-c3[nH]nc4ncccc34)c(F)cc2Cl)CCN1. The van der Waals surface area contributed by atoms with Gasteiger partial charge in [-0.3, -0.25) is 5.10 Å². The van der Waals surface area contributed by atoms with E-state index in [1.165, 1.54) is 6.07 Å². The molecule has 1 atom stereocenters. The Morgan fingerprint density at radius 1 is 1.44 bits per heavy atom. The molecule has 4 rings (SSSR count). The van der Waals surface area contributed by atoms with Gasteiger partial charge in [0.25, 0.3) is 0 Å². The fourth-order valence-corrected chi connectivity index (χ4v) is 3.28. The van der Waals surface area contributed by atoms with Gasteiger partial charge in [-0.05, 0) is 18.2 Å². The third-order valence-electron chi connectivity index (χ3n) is 4.25. The number of fused-ring (bicyclic) bond motifs is 1. The summed E-state index contributed by atoms with van der Waals surface area (Å²) in [6, 6.07) is 4.76. The highest BCUT2D eigenvalue weighted by Gasteiger charge is 2.24. The summed E-state index contributed by atoms with van der Waals surface area (Å²) in [5.41, 5.74) is 1.11. The number of nitrogens with one attached hydrogen (secondary N) is 2. The normalized spacial score (nSPS) is 18.0. The van der Waals surface area contributed by atoms with Crippen LogP contribution < -0.4 is 10.2 Å². The average molecular weight is 363 g/mol. The zero-order valence-electron chi connectivity index (χ0n) is 13.2. The number of rotatable bonds is 3. The van der Waals surface area contributed by atoms with Gasteiger partial charge in [0.05, 0.1) is 17.3 Å². The first-order valence-electron chi connectivity index (χ1n) is 7.92. The summed E-state index contributed by atoms with van der Waals surface area (Å²) in [4.78, 5) is 10.6. The summed E-state index contributed by atoms with van der Waals surface area (Å²) >= 11 is 6.24. The molecule has 1 aliphatic rings. The van der Waals surface area contributed by atoms with Crippen LogP contribution in [0.15, 0.2) is 24.4 Å². The van der Waals surface area contributed by atoms with Crippen LogP contribution in [0.5, 0.6) is 0 Å². The monoisotopic (exact) mass is 362 g/mol. The second-order valence-electron chi connectivity index (χ2n) is 5.88. The Morgan fingerprint density at radius 3 is 3.16 bits per heavy atom. The number of nitrogens with zero attached hydrogens (tertiary/aromatic N) is 4. The molecule has 0 amide bonds. The Bertz CT molecular complexity index is 917. The lowest BCUT2D eigenvalue weighted by Crippen LogP contribution is -2.52. The number of hydrogen-bond donors (Lipinski definition) is 3. The molecule has 0 bridgehead atoms. The van der Waals surface area contributed by atoms with Crippen molar-refractivity contribution in [2.45, 2.75) is 6.04 Å². The molecule has 0 spiro atoms. The van der Waals surface area contributed by atoms with E-state index in [1.54, 1.807) is 12.3 Å². The van der Waals surface area contributed by atoms with E-state index in [-0.39, 0.29) is 23.4 Å². The summed E-state index contributed by atoms with van der Waals surface area (Å²) in [6.45, 7) is 1.91. The lowest BCUT2D eigenvalue weighted by molar-refractivity contribution is 0.235. The Morgan fingerprint density at radius 2 is 2.32 bits per heavy atom. The van der Waals surface area contributed by atoms with Crippen LogP contribution in [0, 0.1) is 5.82 Å². The van der Waals surface area contributed by atoms with E-state index >= 15 is 0 Å². The topological polar surface area (TPSA) is 90.0 Å². The first-order chi connectivity index (χ1) is 12.2. The van der Waals surface area contributed by atoms with Gasteiger partial charge >= 0.3 is 0 Å². The third-order valence-corrected chi connectivity index (χ3v) is 4.53. The maximum atomic E-state index is 14.5. The second-order valence-corrected chi connectivity index (χ2v) is 6.28. The first kappa shape index (κ1) is 16.2. The molecular weight excluding hydrogens is 347 g/mol. The van der Waals surface area contributed by atoms with Crippen molar-refractivity contribution in [1.29, 1.82) is 0 Å². The van der Waals surface area contributed by atoms with Gasteiger partial charge in [-0.1, -0.05) is 11.6 Å². The van der Waals surface area contributed by atoms with Crippen LogP contribution in [-0.4, -0.2) is 57.6 Å². The van der Waals surface area contributed by atoms with E-state index in [0.717, 1.165) is 0 Å². The minimum absolute atomic E-state index is 0.0129. The van der Waals surface area contributed by atoms with Gasteiger partial charge in [0, 0.05) is 37.3 Å². The van der Waals surface area contributed by atoms with Crippen LogP contribution in [0.2, 0.25) is 5.02 Å². The molecule has 0 aromatic carbocycles. The van der Waals surface area contributed by atoms with E-state index in [4.69, 9.17) is 11.6 Å². The van der Waals surface area contributed by atoms with E-state index in [1.807, 2.05) is 11.0 Å². The number of hydrogen-bond acceptors (Lipinski definition) is 6. The smallest absolute Gasteiger partial charge is 0.181 e. The van der Waals surface area contributed by atoms with E-state index < -0.39 is 5.82 Å². The van der Waals surface area contributed by atoms with Gasteiger partial charge in [0.1, 0.15) is 11.5 Å². The van der Waals surface area contributed by atoms with Crippen LogP contribution >= 0.6 is 11.6 Å². The molecule has 0 radical (unpaired) electrons. The molecule has 0 unspecified atom stereocenters. The summed E-state index contributed by atoms with van der Waals surface area (Å²) in [5, 5.41) is 20.4. The Balaban J connectivity index is 1.79. The Labute approximate surface area is 147 Å². The summed E-state index contributed by atoms with van der Waals surface area (Å²) in [6.07, 6.45) is 1.62. The highest BCUT2D eigenvalue weighted by Crippen LogP contribution is 2.32. The molecule has 4 heterocycles. The van der Waals surface area contributed by atoms with Crippen molar-refractivity contribution >= 4 is 28.5 Å². The Kier molecular flexibility index (Phi) is 4.24. The van der Waals surface area contributed by atoms with Crippen molar-refractivity contribution < 1.29 is 9.50 Å². The summed E-state index contributed by atoms with van der Waals surface area (Å²) in [5.74, 6) is -0.0401. The van der Waals surface area contributed by atoms with Gasteiger partial charge in [0.15, 0.2) is 11.5 Å². The predicted molar refractivity (Wildman–Crippen MR) is 93.2 cm³/mol. The zero-order valence-corrected chi connectivity index (χ0v) is 14.0. The fraction of sp³-hybridized carbons (Fsp3) is 0.312. The summed E-state index contributed by atoms with van der Waals surface area (Å²) < 4.78 is 14.5. The van der Waals surface area contributed by atoms with Gasteiger partial charge < -0.3 is 15.3 Å². The number of pyridine rings is 2. The maximum Gasteiger partial charge on any atom is 0.181 e. The van der Waals surface area contributed by atoms with Crippen molar-refractivity contribution in [3.63, 3.8) is 0 Å². The average Bonchev–Trinajstić information content (AvgIpc) is 3.06. The van der Waals surface area contributed by atoms with Crippen molar-refractivity contribution in [3.05, 3.63) is 35.2 Å². The molecule has 1 fully saturated rings. The molecule has 1 aliphatic heterocycles. The molecule has 7 nitrogen and oxygen atoms in total. The first-order valence-corrected chi connectivity index (χ1v) is 8.30. The fourth-order valence-electron chi connectivity index (χ4n) is 3.02. The molecular formula is C16H16ClFN6O. The van der Waals surface area contributed by atoms with E-state index in [0.29, 0.717) is 42.2 Å². The van der Waals surface area contributed by atoms with E-state index in [9.17, 15) is 9.50 Å². The second kappa shape index (κ2) is 6.55. The number of halogens is 2. The standard InChI is InChI=1S/C16H16ClFN6O/c17-11-6-12(18)14(13-10-2-1-3-20-15(10)23-22-13)21-16(11)24-5-4-19-9(7-24)8-25/h1-3,6,9,19,25H,4-5,7-8H2,(H,20,22,23)/t9-/m0/s1. The number of aromatic nitrogens is 4. The maximum absolute atomic E-state index is 14.5. The van der Waals surface area contributed by atoms with E-state index in [2.05, 4.69) is 25.5 Å². The number of anilines is 1. The minimum atomic E-state index is -0.531. The third kappa shape index (κ3) is 2.92. The molecule has 3 aromatic heterocycles. The summed E-state index contributed by atoms with van der Waals surface area (Å²) in [7, 11) is 0. The van der Waals surface area contributed by atoms with Crippen molar-refractivity contribution in [3.8, 4) is 11.4 Å². The van der Waals surface area contributed by atoms with Gasteiger partial charge in [-0.25, -0.2) is 14.4 Å². The molecule has 9 heteroatoms. The van der Waals surface area contributed by atoms with Crippen LogP contribution in [0.25, 0.3) is 22.4 Å². The zero-order chi connectivity index (χ0) is 17.4. The number of aliphatic hydroxyl groups excluding tert-OH is 1. The molecule has 0 aliphatic carbocycles. The molecule has 25 heavy (non-hydrogen) atoms. The molecule has 1 saturated heterocycles. The minimum Gasteiger partial charge on any atom is -0.395 e. The van der Waals surface area contributed by atoms with Gasteiger partial charge in [-0.2, -0.15) is 5.10 Å². The van der Waals surface area contributed by atoms with Gasteiger partial charge in [0.2, 0.25) is 0 Å². The van der Waals surface area contributed by atoms with Crippen LogP contribution in [0.4, 0.5) is 10.2 Å². The molecule has 130 valence electrons. The van der Waals surface area contributed by atoms with Crippen LogP contribution in [0.3, 0.4) is 0 Å². The lowest BCUT2D eigenvalue weighted by atomic mass is 10.1. The predicted octanol–water partition coefficient (Wildman–Crippen LogP) is 1.58. The highest BCUT2D eigenvalue weighted by atomic mass is 35.5. The van der Waals surface area contributed by atoms with Crippen molar-refractivity contribution in [1.82, 2.24) is 25.5 Å². The van der Waals surface area contributed by atoms with Gasteiger partial charge in [-0.15, -0.1) is 0 Å². The van der Waals surface area contributed by atoms with Crippen LogP contribution in [-0.2, 0) is 0 Å². The Hall–Kier alpha value is -2.29. The lowest BCUT2D eigenvalue weighted by Gasteiger charge is -2.34. The van der Waals surface area contributed by atoms with Crippen molar-refractivity contribution in [2.24, 2.45) is 0 Å². The molecule has 0 saturated carbocycles. The number of aromatic amines is 1. The molecule has 3 aromatic rings. The molecule has 3 N–H and O–H groups in total. The largest absolute Gasteiger partial charge is 0.395 e. The highest BCUT2D eigenvalue weighted by molar-refractivity contribution is 6.33. The number of piperazine rings is 1. The number of H-pyrrole nitrogens is 1. The van der Waals surface area contributed by atoms with Crippen molar-refractivity contribution in [2.75, 3.05) is 31.1 Å². The quantitative estimate of drug-likeness (QED) is 0.655. The number of aliphatic hydroxyl groups is 1. The van der Waals surface area contributed by atoms with Crippen LogP contribution in [0.1, 0.15) is 0 Å².